The van der Waals surface area contributed by atoms with Gasteiger partial charge >= 0.3 is 0 Å². The van der Waals surface area contributed by atoms with Gasteiger partial charge in [-0.2, -0.15) is 0 Å². The van der Waals surface area contributed by atoms with Crippen LogP contribution in [0.15, 0.2) is 146 Å². The lowest BCUT2D eigenvalue weighted by molar-refractivity contribution is 0.332. The molecule has 0 spiro atoms. The Hall–Kier alpha value is -6.36. The SMILES string of the molecule is Cc1cc2c(cc1N1c3cc4c(cc3B3c5ccc6c(sc7ccccc76)c5N(c5ccccc5-c5ccccc5)c5cc(-c6c(C)cccc6C)cc1c53)C(C)(C)CC4(C)C)C(C)(C)CCC2(C)C. The topological polar surface area (TPSA) is 6.48 Å². The number of hydrogen-bond acceptors (Lipinski definition) is 3. The molecule has 2 nitrogen and oxygen atoms in total. The number of anilines is 6. The van der Waals surface area contributed by atoms with Crippen LogP contribution in [0.2, 0.25) is 0 Å². The van der Waals surface area contributed by atoms with E-state index in [0.717, 1.165) is 6.42 Å². The van der Waals surface area contributed by atoms with Crippen LogP contribution in [0.25, 0.3) is 42.4 Å². The van der Waals surface area contributed by atoms with E-state index in [2.05, 4.69) is 232 Å². The number of nitrogens with zero attached hydrogens (tertiary/aromatic N) is 2. The molecule has 1 aromatic heterocycles. The van der Waals surface area contributed by atoms with Crippen LogP contribution in [-0.4, -0.2) is 6.71 Å². The predicted octanol–water partition coefficient (Wildman–Crippen LogP) is 16.7. The van der Waals surface area contributed by atoms with E-state index >= 15 is 0 Å². The summed E-state index contributed by atoms with van der Waals surface area (Å²) in [6.45, 7) is 26.8. The molecule has 2 aliphatic heterocycles. The smallest absolute Gasteiger partial charge is 0.252 e. The summed E-state index contributed by atoms with van der Waals surface area (Å²) >= 11 is 1.95. The molecule has 70 heavy (non-hydrogen) atoms. The van der Waals surface area contributed by atoms with Crippen molar-refractivity contribution in [2.45, 2.75) is 117 Å². The number of aryl methyl sites for hydroxylation is 3. The van der Waals surface area contributed by atoms with E-state index in [9.17, 15) is 0 Å². The third kappa shape index (κ3) is 6.17. The fourth-order valence-corrected chi connectivity index (χ4v) is 15.4. The molecule has 0 bridgehead atoms. The van der Waals surface area contributed by atoms with Gasteiger partial charge in [0.05, 0.1) is 16.1 Å². The molecular weight excluding hydrogens is 864 g/mol. The molecule has 9 aromatic rings. The highest BCUT2D eigenvalue weighted by Crippen LogP contribution is 2.56. The molecule has 0 saturated carbocycles. The van der Waals surface area contributed by atoms with Crippen LogP contribution in [-0.2, 0) is 21.7 Å². The van der Waals surface area contributed by atoms with Crippen molar-refractivity contribution in [3.63, 3.8) is 0 Å². The van der Waals surface area contributed by atoms with Crippen molar-refractivity contribution < 1.29 is 0 Å². The summed E-state index contributed by atoms with van der Waals surface area (Å²) in [5.41, 5.74) is 26.9. The van der Waals surface area contributed by atoms with E-state index in [-0.39, 0.29) is 28.4 Å². The maximum atomic E-state index is 2.75. The Labute approximate surface area is 420 Å². The predicted molar refractivity (Wildman–Crippen MR) is 304 cm³/mol. The average Bonchev–Trinajstić information content (AvgIpc) is 3.80. The number of fused-ring (bicyclic) bond motifs is 10. The third-order valence-corrected chi connectivity index (χ3v) is 18.7. The van der Waals surface area contributed by atoms with Gasteiger partial charge in [0.1, 0.15) is 0 Å². The van der Waals surface area contributed by atoms with Crippen LogP contribution < -0.4 is 26.2 Å². The first-order valence-electron chi connectivity index (χ1n) is 25.7. The quantitative estimate of drug-likeness (QED) is 0.162. The number of hydrogen-bond donors (Lipinski definition) is 0. The van der Waals surface area contributed by atoms with Crippen molar-refractivity contribution in [2.75, 3.05) is 9.80 Å². The van der Waals surface area contributed by atoms with Gasteiger partial charge in [0, 0.05) is 43.8 Å². The lowest BCUT2D eigenvalue weighted by Gasteiger charge is -2.47. The molecule has 0 saturated heterocycles. The Balaban J connectivity index is 1.23. The van der Waals surface area contributed by atoms with E-state index in [1.54, 1.807) is 0 Å². The molecule has 4 aliphatic rings. The zero-order valence-electron chi connectivity index (χ0n) is 42.9. The molecule has 0 unspecified atom stereocenters. The first kappa shape index (κ1) is 43.6. The summed E-state index contributed by atoms with van der Waals surface area (Å²) in [4.78, 5) is 5.46. The van der Waals surface area contributed by atoms with Gasteiger partial charge < -0.3 is 9.80 Å². The van der Waals surface area contributed by atoms with Gasteiger partial charge in [-0.25, -0.2) is 0 Å². The summed E-state index contributed by atoms with van der Waals surface area (Å²) in [5, 5.41) is 2.64. The van der Waals surface area contributed by atoms with Crippen LogP contribution in [0.3, 0.4) is 0 Å². The van der Waals surface area contributed by atoms with Crippen LogP contribution in [0.1, 0.15) is 114 Å². The molecule has 3 heterocycles. The lowest BCUT2D eigenvalue weighted by Crippen LogP contribution is -2.61. The van der Waals surface area contributed by atoms with Gasteiger partial charge in [0.25, 0.3) is 6.71 Å². The van der Waals surface area contributed by atoms with Gasteiger partial charge in [-0.1, -0.05) is 165 Å². The highest BCUT2D eigenvalue weighted by molar-refractivity contribution is 7.26. The van der Waals surface area contributed by atoms with Crippen molar-refractivity contribution >= 4 is 88.7 Å². The largest absolute Gasteiger partial charge is 0.311 e. The third-order valence-electron chi connectivity index (χ3n) is 17.5. The maximum absolute atomic E-state index is 2.75. The summed E-state index contributed by atoms with van der Waals surface area (Å²) in [6, 6.07) is 56.8. The summed E-state index contributed by atoms with van der Waals surface area (Å²) in [6.07, 6.45) is 3.47. The van der Waals surface area contributed by atoms with E-state index in [4.69, 9.17) is 0 Å². The fourth-order valence-electron chi connectivity index (χ4n) is 14.1. The van der Waals surface area contributed by atoms with Gasteiger partial charge in [0.15, 0.2) is 0 Å². The Morgan fingerprint density at radius 3 is 1.77 bits per heavy atom. The summed E-state index contributed by atoms with van der Waals surface area (Å²) < 4.78 is 2.66. The maximum Gasteiger partial charge on any atom is 0.252 e. The van der Waals surface area contributed by atoms with E-state index in [1.165, 1.54) is 145 Å². The average molecular weight is 927 g/mol. The van der Waals surface area contributed by atoms with Crippen LogP contribution >= 0.6 is 11.3 Å². The van der Waals surface area contributed by atoms with Crippen LogP contribution in [0.5, 0.6) is 0 Å². The second-order valence-corrected chi connectivity index (χ2v) is 25.1. The van der Waals surface area contributed by atoms with Gasteiger partial charge in [-0.15, -0.1) is 11.3 Å². The van der Waals surface area contributed by atoms with Crippen molar-refractivity contribution in [3.05, 3.63) is 185 Å². The van der Waals surface area contributed by atoms with Crippen molar-refractivity contribution in [1.82, 2.24) is 0 Å². The van der Waals surface area contributed by atoms with E-state index in [1.807, 2.05) is 11.3 Å². The molecule has 0 radical (unpaired) electrons. The van der Waals surface area contributed by atoms with Gasteiger partial charge in [-0.05, 0) is 170 Å². The molecule has 0 amide bonds. The molecule has 4 heteroatoms. The minimum absolute atomic E-state index is 0.00821. The van der Waals surface area contributed by atoms with Crippen LogP contribution in [0.4, 0.5) is 34.1 Å². The second-order valence-electron chi connectivity index (χ2n) is 24.0. The van der Waals surface area contributed by atoms with E-state index in [0.29, 0.717) is 0 Å². The minimum atomic E-state index is -0.00821. The molecule has 0 atom stereocenters. The van der Waals surface area contributed by atoms with Crippen molar-refractivity contribution in [3.8, 4) is 22.3 Å². The molecule has 0 fully saturated rings. The highest BCUT2D eigenvalue weighted by Gasteiger charge is 2.49. The lowest BCUT2D eigenvalue weighted by atomic mass is 9.33. The zero-order chi connectivity index (χ0) is 48.4. The molecule has 8 aromatic carbocycles. The number of benzene rings is 8. The Bertz CT molecular complexity index is 3680. The minimum Gasteiger partial charge on any atom is -0.311 e. The second kappa shape index (κ2) is 14.8. The van der Waals surface area contributed by atoms with Crippen molar-refractivity contribution in [1.29, 1.82) is 0 Å². The normalized spacial score (nSPS) is 17.6. The first-order valence-corrected chi connectivity index (χ1v) is 26.5. The highest BCUT2D eigenvalue weighted by atomic mass is 32.1. The Morgan fingerprint density at radius 1 is 0.443 bits per heavy atom. The number of rotatable bonds is 4. The van der Waals surface area contributed by atoms with Gasteiger partial charge in [0.2, 0.25) is 0 Å². The summed E-state index contributed by atoms with van der Waals surface area (Å²) in [5.74, 6) is 0. The number of para-hydroxylation sites is 1. The Morgan fingerprint density at radius 2 is 1.04 bits per heavy atom. The molecule has 0 N–H and O–H groups in total. The van der Waals surface area contributed by atoms with E-state index < -0.39 is 0 Å². The molecule has 346 valence electrons. The molecule has 13 rings (SSSR count). The summed E-state index contributed by atoms with van der Waals surface area (Å²) in [7, 11) is 0. The Kier molecular flexibility index (Phi) is 9.26. The molecular formula is C66H63BN2S. The number of thiophene rings is 1. The first-order chi connectivity index (χ1) is 33.4. The zero-order valence-corrected chi connectivity index (χ0v) is 43.7. The fraction of sp³-hybridized carbons (Fsp3) is 0.273. The van der Waals surface area contributed by atoms with Crippen molar-refractivity contribution in [2.24, 2.45) is 0 Å². The van der Waals surface area contributed by atoms with Gasteiger partial charge in [-0.3, -0.25) is 0 Å². The molecule has 2 aliphatic carbocycles. The monoisotopic (exact) mass is 926 g/mol. The standard InChI is InChI=1S/C66H63BN2S/c1-39-20-19-21-40(2)59(39)43-33-56-60-57(34-43)69(53-26-17-15-24-44(53)42-22-13-12-14-23-42)61-51(29-28-46-45-25-16-18-27-58(45)70-62(46)61)67(60)52-35-48-50(66(10,11)38-65(48,8)9)37-55(52)68(56)54-36-49-47(32-41(54)3)63(4,5)30-31-64(49,6)7/h12-29,32-37H,30-31,38H2,1-11H3. The van der Waals surface area contributed by atoms with Crippen LogP contribution in [0, 0.1) is 20.8 Å².